The van der Waals surface area contributed by atoms with Crippen molar-refractivity contribution >= 4 is 5.57 Å². The molecule has 0 aliphatic heterocycles. The molecule has 0 saturated heterocycles. The monoisotopic (exact) mass is 230 g/mol. The minimum absolute atomic E-state index is 0.200. The molecule has 0 unspecified atom stereocenters. The van der Waals surface area contributed by atoms with Gasteiger partial charge in [0.25, 0.3) is 0 Å². The lowest BCUT2D eigenvalue weighted by Gasteiger charge is -2.27. The van der Waals surface area contributed by atoms with Gasteiger partial charge in [-0.25, -0.2) is 0 Å². The first-order valence-electron chi connectivity index (χ1n) is 6.54. The Bertz CT molecular complexity index is 393. The van der Waals surface area contributed by atoms with E-state index in [1.165, 1.54) is 11.1 Å². The van der Waals surface area contributed by atoms with Crippen molar-refractivity contribution < 1.29 is 5.11 Å². The van der Waals surface area contributed by atoms with E-state index in [1.54, 1.807) is 0 Å². The van der Waals surface area contributed by atoms with Crippen LogP contribution in [0.5, 0.6) is 0 Å². The van der Waals surface area contributed by atoms with E-state index in [0.29, 0.717) is 17.8 Å². The second-order valence-electron chi connectivity index (χ2n) is 5.34. The Morgan fingerprint density at radius 3 is 2.29 bits per heavy atom. The smallest absolute Gasteiger partial charge is 0.0603 e. The number of benzene rings is 1. The maximum atomic E-state index is 10.1. The molecule has 1 heteroatoms. The molecular formula is C16H22O. The molecule has 0 radical (unpaired) electrons. The van der Waals surface area contributed by atoms with Crippen molar-refractivity contribution in [3.8, 4) is 0 Å². The second-order valence-corrected chi connectivity index (χ2v) is 5.34. The zero-order valence-corrected chi connectivity index (χ0v) is 10.9. The first-order chi connectivity index (χ1) is 8.11. The fraction of sp³-hybridized carbons (Fsp3) is 0.500. The minimum Gasteiger partial charge on any atom is -0.393 e. The van der Waals surface area contributed by atoms with Crippen molar-refractivity contribution in [2.75, 3.05) is 0 Å². The van der Waals surface area contributed by atoms with Crippen LogP contribution in [0, 0.1) is 17.8 Å². The van der Waals surface area contributed by atoms with Crippen molar-refractivity contribution in [3.63, 3.8) is 0 Å². The lowest BCUT2D eigenvalue weighted by Crippen LogP contribution is -2.25. The third-order valence-corrected chi connectivity index (χ3v) is 4.40. The van der Waals surface area contributed by atoms with Gasteiger partial charge in [0.15, 0.2) is 0 Å². The summed E-state index contributed by atoms with van der Waals surface area (Å²) in [5, 5.41) is 10.1. The molecule has 1 nitrogen and oxygen atoms in total. The molecule has 92 valence electrons. The number of hydrogen-bond donors (Lipinski definition) is 1. The van der Waals surface area contributed by atoms with E-state index < -0.39 is 0 Å². The second kappa shape index (κ2) is 5.05. The Balaban J connectivity index is 2.34. The van der Waals surface area contributed by atoms with Crippen molar-refractivity contribution in [2.45, 2.75) is 33.3 Å². The number of aliphatic hydroxyl groups is 1. The van der Waals surface area contributed by atoms with Gasteiger partial charge in [0, 0.05) is 0 Å². The quantitative estimate of drug-likeness (QED) is 0.779. The van der Waals surface area contributed by atoms with Crippen LogP contribution in [0.2, 0.25) is 0 Å². The molecule has 17 heavy (non-hydrogen) atoms. The maximum Gasteiger partial charge on any atom is 0.0603 e. The van der Waals surface area contributed by atoms with Crippen LogP contribution < -0.4 is 0 Å². The van der Waals surface area contributed by atoms with Gasteiger partial charge >= 0.3 is 0 Å². The molecule has 0 aromatic heterocycles. The lowest BCUT2D eigenvalue weighted by molar-refractivity contribution is 0.0848. The summed E-state index contributed by atoms with van der Waals surface area (Å²) in [6.45, 7) is 6.69. The zero-order chi connectivity index (χ0) is 12.4. The lowest BCUT2D eigenvalue weighted by atomic mass is 9.79. The van der Waals surface area contributed by atoms with Gasteiger partial charge in [-0.15, -0.1) is 0 Å². The minimum atomic E-state index is -0.200. The average Bonchev–Trinajstić information content (AvgIpc) is 2.45. The largest absolute Gasteiger partial charge is 0.393 e. The first kappa shape index (κ1) is 12.4. The Kier molecular flexibility index (Phi) is 3.68. The Morgan fingerprint density at radius 2 is 1.65 bits per heavy atom. The molecule has 1 aromatic carbocycles. The Labute approximate surface area is 104 Å². The van der Waals surface area contributed by atoms with Crippen molar-refractivity contribution in [3.05, 3.63) is 42.0 Å². The summed E-state index contributed by atoms with van der Waals surface area (Å²) in [5.74, 6) is 1.38. The van der Waals surface area contributed by atoms with E-state index in [9.17, 15) is 5.11 Å². The van der Waals surface area contributed by atoms with Crippen molar-refractivity contribution in [1.29, 1.82) is 0 Å². The SMILES string of the molecule is C[C@@H]1[C@@H](C)[C@@H](C)C(c2ccccc2)=CC[C@@H]1O. The molecule has 0 spiro atoms. The third-order valence-electron chi connectivity index (χ3n) is 4.40. The van der Waals surface area contributed by atoms with Gasteiger partial charge in [-0.1, -0.05) is 57.2 Å². The van der Waals surface area contributed by atoms with Crippen LogP contribution >= 0.6 is 0 Å². The molecule has 1 aliphatic carbocycles. The molecule has 0 fully saturated rings. The highest BCUT2D eigenvalue weighted by Gasteiger charge is 2.29. The molecule has 0 heterocycles. The topological polar surface area (TPSA) is 20.2 Å². The molecular weight excluding hydrogens is 208 g/mol. The van der Waals surface area contributed by atoms with Gasteiger partial charge in [-0.2, -0.15) is 0 Å². The van der Waals surface area contributed by atoms with Gasteiger partial charge < -0.3 is 5.11 Å². The van der Waals surface area contributed by atoms with Gasteiger partial charge in [0.1, 0.15) is 0 Å². The maximum absolute atomic E-state index is 10.1. The van der Waals surface area contributed by atoms with E-state index in [1.807, 2.05) is 6.07 Å². The summed E-state index contributed by atoms with van der Waals surface area (Å²) >= 11 is 0. The zero-order valence-electron chi connectivity index (χ0n) is 10.9. The van der Waals surface area contributed by atoms with E-state index in [0.717, 1.165) is 6.42 Å². The van der Waals surface area contributed by atoms with E-state index in [2.05, 4.69) is 51.1 Å². The van der Waals surface area contributed by atoms with Crippen LogP contribution in [0.3, 0.4) is 0 Å². The van der Waals surface area contributed by atoms with Crippen molar-refractivity contribution in [1.82, 2.24) is 0 Å². The molecule has 1 aliphatic rings. The van der Waals surface area contributed by atoms with E-state index >= 15 is 0 Å². The standard InChI is InChI=1S/C16H22O/c1-11-12(2)15(9-10-16(17)13(11)3)14-7-5-4-6-8-14/h4-9,11-13,16-17H,10H2,1-3H3/t11-,12+,13+,16-/m0/s1. The summed E-state index contributed by atoms with van der Waals surface area (Å²) in [7, 11) is 0. The number of hydrogen-bond acceptors (Lipinski definition) is 1. The highest BCUT2D eigenvalue weighted by Crippen LogP contribution is 2.37. The van der Waals surface area contributed by atoms with Gasteiger partial charge in [-0.3, -0.25) is 0 Å². The number of aliphatic hydroxyl groups excluding tert-OH is 1. The third kappa shape index (κ3) is 2.44. The summed E-state index contributed by atoms with van der Waals surface area (Å²) in [6.07, 6.45) is 2.80. The summed E-state index contributed by atoms with van der Waals surface area (Å²) in [5.41, 5.74) is 2.69. The number of rotatable bonds is 1. The van der Waals surface area contributed by atoms with E-state index in [-0.39, 0.29) is 6.10 Å². The Hall–Kier alpha value is -1.08. The number of allylic oxidation sites excluding steroid dienone is 1. The predicted octanol–water partition coefficient (Wildman–Crippen LogP) is 3.74. The molecule has 1 N–H and O–H groups in total. The van der Waals surface area contributed by atoms with Crippen LogP contribution in [0.4, 0.5) is 0 Å². The van der Waals surface area contributed by atoms with Gasteiger partial charge in [-0.05, 0) is 35.3 Å². The molecule has 0 bridgehead atoms. The first-order valence-corrected chi connectivity index (χ1v) is 6.54. The van der Waals surface area contributed by atoms with Crippen LogP contribution in [0.25, 0.3) is 5.57 Å². The molecule has 4 atom stereocenters. The van der Waals surface area contributed by atoms with Gasteiger partial charge in [0.05, 0.1) is 6.10 Å². The summed E-state index contributed by atoms with van der Waals surface area (Å²) in [6, 6.07) is 10.5. The predicted molar refractivity (Wildman–Crippen MR) is 72.5 cm³/mol. The van der Waals surface area contributed by atoms with Gasteiger partial charge in [0.2, 0.25) is 0 Å². The average molecular weight is 230 g/mol. The summed E-state index contributed by atoms with van der Waals surface area (Å²) in [4.78, 5) is 0. The highest BCUT2D eigenvalue weighted by atomic mass is 16.3. The molecule has 1 aromatic rings. The van der Waals surface area contributed by atoms with Crippen LogP contribution in [-0.4, -0.2) is 11.2 Å². The molecule has 0 saturated carbocycles. The normalized spacial score (nSPS) is 34.0. The summed E-state index contributed by atoms with van der Waals surface area (Å²) < 4.78 is 0. The van der Waals surface area contributed by atoms with E-state index in [4.69, 9.17) is 0 Å². The molecule has 0 amide bonds. The molecule has 2 rings (SSSR count). The fourth-order valence-electron chi connectivity index (χ4n) is 2.75. The van der Waals surface area contributed by atoms with Crippen LogP contribution in [-0.2, 0) is 0 Å². The Morgan fingerprint density at radius 1 is 1.00 bits per heavy atom. The fourth-order valence-corrected chi connectivity index (χ4v) is 2.75. The van der Waals surface area contributed by atoms with Crippen LogP contribution in [0.15, 0.2) is 36.4 Å². The van der Waals surface area contributed by atoms with Crippen molar-refractivity contribution in [2.24, 2.45) is 17.8 Å². The van der Waals surface area contributed by atoms with Crippen LogP contribution in [0.1, 0.15) is 32.8 Å². The highest BCUT2D eigenvalue weighted by molar-refractivity contribution is 5.67.